The summed E-state index contributed by atoms with van der Waals surface area (Å²) in [5.74, 6) is 0.691. The molecular formula is C31H40FN5O2Si. The van der Waals surface area contributed by atoms with Crippen molar-refractivity contribution < 1.29 is 13.6 Å². The predicted octanol–water partition coefficient (Wildman–Crippen LogP) is 7.81. The summed E-state index contributed by atoms with van der Waals surface area (Å²) >= 11 is 0. The molecule has 1 aliphatic heterocycles. The monoisotopic (exact) mass is 561 g/mol. The highest BCUT2D eigenvalue weighted by atomic mass is 28.4. The summed E-state index contributed by atoms with van der Waals surface area (Å²) in [6.45, 7) is 13.8. The Morgan fingerprint density at radius 3 is 2.42 bits per heavy atom. The number of fused-ring (bicyclic) bond motifs is 1. The number of urea groups is 1. The Bertz CT molecular complexity index is 1360. The van der Waals surface area contributed by atoms with Crippen LogP contribution in [-0.2, 0) is 17.4 Å². The van der Waals surface area contributed by atoms with Crippen molar-refractivity contribution in [2.45, 2.75) is 90.2 Å². The molecule has 0 saturated heterocycles. The van der Waals surface area contributed by atoms with Gasteiger partial charge >= 0.3 is 6.03 Å². The fraction of sp³-hybridized carbons (Fsp3) is 0.452. The average molecular weight is 562 g/mol. The van der Waals surface area contributed by atoms with E-state index in [1.165, 1.54) is 17.7 Å². The maximum atomic E-state index is 14.2. The van der Waals surface area contributed by atoms with Crippen LogP contribution >= 0.6 is 0 Å². The van der Waals surface area contributed by atoms with E-state index in [2.05, 4.69) is 63.2 Å². The molecule has 1 aromatic heterocycles. The topological polar surface area (TPSA) is 70.6 Å². The second-order valence-corrected chi connectivity index (χ2v) is 17.2. The second kappa shape index (κ2) is 10.9. The van der Waals surface area contributed by atoms with E-state index in [-0.39, 0.29) is 29.0 Å². The van der Waals surface area contributed by atoms with Crippen molar-refractivity contribution in [3.8, 4) is 0 Å². The first-order chi connectivity index (χ1) is 18.9. The molecule has 2 aliphatic rings. The van der Waals surface area contributed by atoms with Gasteiger partial charge in [-0.15, -0.1) is 0 Å². The third-order valence-electron chi connectivity index (χ3n) is 8.58. The van der Waals surface area contributed by atoms with Crippen LogP contribution in [0.25, 0.3) is 0 Å². The zero-order valence-electron chi connectivity index (χ0n) is 24.4. The summed E-state index contributed by atoms with van der Waals surface area (Å²) in [5.41, 5.74) is 3.65. The largest absolute Gasteiger partial charge is 0.414 e. The second-order valence-electron chi connectivity index (χ2n) is 12.4. The van der Waals surface area contributed by atoms with Crippen molar-refractivity contribution >= 4 is 37.5 Å². The molecule has 40 heavy (non-hydrogen) atoms. The fourth-order valence-corrected chi connectivity index (χ4v) is 6.59. The van der Waals surface area contributed by atoms with Gasteiger partial charge in [0.15, 0.2) is 8.32 Å². The molecule has 0 radical (unpaired) electrons. The number of hydrogen-bond donors (Lipinski definition) is 1. The number of nitrogens with one attached hydrogen (secondary N) is 1. The number of halogens is 1. The van der Waals surface area contributed by atoms with Gasteiger partial charge in [0.1, 0.15) is 11.6 Å². The van der Waals surface area contributed by atoms with Gasteiger partial charge < -0.3 is 9.74 Å². The summed E-state index contributed by atoms with van der Waals surface area (Å²) in [5, 5.41) is 3.28. The molecule has 0 unspecified atom stereocenters. The lowest BCUT2D eigenvalue weighted by molar-refractivity contribution is 0.186. The van der Waals surface area contributed by atoms with E-state index in [4.69, 9.17) is 9.41 Å². The minimum atomic E-state index is -1.95. The predicted molar refractivity (Wildman–Crippen MR) is 161 cm³/mol. The molecule has 9 heteroatoms. The summed E-state index contributed by atoms with van der Waals surface area (Å²) in [7, 11) is -1.95. The Kier molecular flexibility index (Phi) is 7.72. The van der Waals surface area contributed by atoms with Crippen LogP contribution < -0.4 is 15.1 Å². The average Bonchev–Trinajstić information content (AvgIpc) is 3.36. The van der Waals surface area contributed by atoms with Gasteiger partial charge in [0.05, 0.1) is 6.54 Å². The summed E-state index contributed by atoms with van der Waals surface area (Å²) in [6.07, 6.45) is 5.37. The maximum absolute atomic E-state index is 14.2. The Morgan fingerprint density at radius 1 is 1.07 bits per heavy atom. The van der Waals surface area contributed by atoms with Gasteiger partial charge in [0.25, 0.3) is 0 Å². The van der Waals surface area contributed by atoms with Gasteiger partial charge in [-0.1, -0.05) is 39.8 Å². The minimum absolute atomic E-state index is 0.0349. The molecule has 1 aliphatic carbocycles. The van der Waals surface area contributed by atoms with Crippen molar-refractivity contribution in [3.05, 3.63) is 71.7 Å². The maximum Gasteiger partial charge on any atom is 0.330 e. The minimum Gasteiger partial charge on any atom is -0.414 e. The van der Waals surface area contributed by atoms with Crippen molar-refractivity contribution in [2.24, 2.45) is 0 Å². The van der Waals surface area contributed by atoms with E-state index in [9.17, 15) is 9.18 Å². The zero-order chi connectivity index (χ0) is 28.7. The highest BCUT2D eigenvalue weighted by molar-refractivity contribution is 6.74. The molecule has 212 valence electrons. The lowest BCUT2D eigenvalue weighted by Crippen LogP contribution is -2.52. The quantitative estimate of drug-likeness (QED) is 0.298. The number of aryl methyl sites for hydroxylation is 1. The molecule has 3 aromatic rings. The Morgan fingerprint density at radius 2 is 1.77 bits per heavy atom. The number of carbonyl (C=O) groups excluding carboxylic acids is 1. The van der Waals surface area contributed by atoms with E-state index in [0.717, 1.165) is 36.9 Å². The standard InChI is InChI=1S/C31H40FN5O2Si/c1-7-21-8-14-25(15-9-21)36-20-22-19-33-29(34-24-12-10-23(32)11-13-24)35-28(22)37(30(36)38)26-16-17-27(18-26)39-40(5,6)31(2,3)4/h8-15,19,26-27H,7,16-18,20H2,1-6H3,(H,33,34,35)/t26-,27-/m0/s1. The molecule has 1 saturated carbocycles. The Balaban J connectivity index is 1.46. The Labute approximate surface area is 237 Å². The zero-order valence-corrected chi connectivity index (χ0v) is 25.4. The van der Waals surface area contributed by atoms with E-state index >= 15 is 0 Å². The van der Waals surface area contributed by atoms with Gasteiger partial charge in [-0.3, -0.25) is 9.80 Å². The third-order valence-corrected chi connectivity index (χ3v) is 13.1. The lowest BCUT2D eigenvalue weighted by atomic mass is 10.1. The third kappa shape index (κ3) is 5.76. The van der Waals surface area contributed by atoms with Crippen LogP contribution in [0.5, 0.6) is 0 Å². The van der Waals surface area contributed by atoms with E-state index in [0.29, 0.717) is 24.0 Å². The van der Waals surface area contributed by atoms with Crippen molar-refractivity contribution in [3.63, 3.8) is 0 Å². The van der Waals surface area contributed by atoms with E-state index < -0.39 is 8.32 Å². The number of amides is 2. The first-order valence-corrected chi connectivity index (χ1v) is 17.1. The van der Waals surface area contributed by atoms with Crippen molar-refractivity contribution in [2.75, 3.05) is 15.1 Å². The number of aromatic nitrogens is 2. The normalized spacial score (nSPS) is 19.6. The Hall–Kier alpha value is -3.30. The molecule has 2 amide bonds. The highest BCUT2D eigenvalue weighted by Gasteiger charge is 2.44. The van der Waals surface area contributed by atoms with Crippen LogP contribution in [0.2, 0.25) is 18.1 Å². The van der Waals surface area contributed by atoms with Gasteiger partial charge in [0, 0.05) is 35.3 Å². The lowest BCUT2D eigenvalue weighted by Gasteiger charge is -2.40. The molecule has 2 atom stereocenters. The van der Waals surface area contributed by atoms with Crippen LogP contribution in [0.3, 0.4) is 0 Å². The number of nitrogens with zero attached hydrogens (tertiary/aromatic N) is 4. The van der Waals surface area contributed by atoms with E-state index in [1.807, 2.05) is 21.9 Å². The number of anilines is 4. The van der Waals surface area contributed by atoms with Crippen LogP contribution in [0.4, 0.5) is 32.3 Å². The number of benzene rings is 2. The van der Waals surface area contributed by atoms with Gasteiger partial charge in [-0.25, -0.2) is 14.2 Å². The summed E-state index contributed by atoms with van der Waals surface area (Å²) < 4.78 is 20.2. The van der Waals surface area contributed by atoms with Crippen LogP contribution in [0.15, 0.2) is 54.7 Å². The first kappa shape index (κ1) is 28.2. The van der Waals surface area contributed by atoms with Crippen LogP contribution in [0.1, 0.15) is 58.1 Å². The number of hydrogen-bond acceptors (Lipinski definition) is 5. The van der Waals surface area contributed by atoms with Crippen molar-refractivity contribution in [1.82, 2.24) is 9.97 Å². The summed E-state index contributed by atoms with van der Waals surface area (Å²) in [6, 6.07) is 14.1. The number of rotatable bonds is 7. The molecule has 2 heterocycles. The molecule has 0 spiro atoms. The molecular weight excluding hydrogens is 521 g/mol. The fourth-order valence-electron chi connectivity index (χ4n) is 5.19. The number of carbonyl (C=O) groups is 1. The molecule has 5 rings (SSSR count). The SMILES string of the molecule is CCc1ccc(N2Cc3cnc(Nc4ccc(F)cc4)nc3N([C@H]3CC[C@H](O[Si](C)(C)C(C)(C)C)C3)C2=O)cc1. The first-order valence-electron chi connectivity index (χ1n) is 14.2. The van der Waals surface area contributed by atoms with E-state index in [1.54, 1.807) is 18.3 Å². The van der Waals surface area contributed by atoms with Gasteiger partial charge in [-0.2, -0.15) is 4.98 Å². The van der Waals surface area contributed by atoms with Crippen molar-refractivity contribution in [1.29, 1.82) is 0 Å². The molecule has 0 bridgehead atoms. The van der Waals surface area contributed by atoms with Crippen LogP contribution in [-0.4, -0.2) is 36.5 Å². The van der Waals surface area contributed by atoms with Gasteiger partial charge in [0.2, 0.25) is 5.95 Å². The smallest absolute Gasteiger partial charge is 0.330 e. The molecule has 7 nitrogen and oxygen atoms in total. The summed E-state index contributed by atoms with van der Waals surface area (Å²) in [4.78, 5) is 27.2. The molecule has 1 fully saturated rings. The molecule has 2 aromatic carbocycles. The van der Waals surface area contributed by atoms with Crippen LogP contribution in [0, 0.1) is 5.82 Å². The van der Waals surface area contributed by atoms with Gasteiger partial charge in [-0.05, 0) is 85.8 Å². The highest BCUT2D eigenvalue weighted by Crippen LogP contribution is 2.42. The molecule has 1 N–H and O–H groups in total.